The zero-order valence-corrected chi connectivity index (χ0v) is 19.2. The Hall–Kier alpha value is -3.99. The Labute approximate surface area is 205 Å². The monoisotopic (exact) mass is 492 g/mol. The number of anilines is 1. The molecule has 2 aromatic carbocycles. The number of nitrogens with one attached hydrogen (secondary N) is 2. The molecule has 170 valence electrons. The molecule has 7 nitrogen and oxygen atoms in total. The predicted molar refractivity (Wildman–Crippen MR) is 131 cm³/mol. The van der Waals surface area contributed by atoms with Gasteiger partial charge in [-0.25, -0.2) is 0 Å². The first-order chi connectivity index (χ1) is 16.4. The van der Waals surface area contributed by atoms with E-state index in [1.807, 2.05) is 30.3 Å². The van der Waals surface area contributed by atoms with Gasteiger partial charge in [-0.3, -0.25) is 9.59 Å². The molecule has 4 aromatic rings. The number of rotatable bonds is 7. The van der Waals surface area contributed by atoms with Gasteiger partial charge >= 0.3 is 0 Å². The lowest BCUT2D eigenvalue weighted by Gasteiger charge is -2.06. The Morgan fingerprint density at radius 3 is 2.65 bits per heavy atom. The molecule has 4 rings (SSSR count). The molecule has 9 heteroatoms. The lowest BCUT2D eigenvalue weighted by molar-refractivity contribution is -0.121. The molecule has 2 aromatic heterocycles. The number of amides is 2. The summed E-state index contributed by atoms with van der Waals surface area (Å²) in [6, 6.07) is 17.6. The minimum Gasteiger partial charge on any atom is -0.467 e. The Bertz CT molecular complexity index is 1430. The number of hydrogen-bond donors (Lipinski definition) is 2. The zero-order chi connectivity index (χ0) is 24.1. The van der Waals surface area contributed by atoms with Crippen LogP contribution in [0.25, 0.3) is 17.0 Å². The fourth-order valence-corrected chi connectivity index (χ4v) is 3.70. The number of carbonyl (C=O) groups excluding carboxylic acids is 2. The number of nitriles is 1. The van der Waals surface area contributed by atoms with E-state index in [1.54, 1.807) is 41.3 Å². The van der Waals surface area contributed by atoms with E-state index in [0.29, 0.717) is 22.0 Å². The number of fused-ring (bicyclic) bond motifs is 1. The summed E-state index contributed by atoms with van der Waals surface area (Å²) in [5.74, 6) is -0.138. The predicted octanol–water partition coefficient (Wildman–Crippen LogP) is 5.40. The molecule has 0 spiro atoms. The molecule has 0 aliphatic carbocycles. The number of carbonyl (C=O) groups is 2. The molecule has 34 heavy (non-hydrogen) atoms. The van der Waals surface area contributed by atoms with Crippen LogP contribution in [-0.2, 0) is 22.7 Å². The van der Waals surface area contributed by atoms with Gasteiger partial charge in [-0.2, -0.15) is 5.26 Å². The Balaban J connectivity index is 1.56. The van der Waals surface area contributed by atoms with Crippen molar-refractivity contribution in [2.75, 3.05) is 5.32 Å². The van der Waals surface area contributed by atoms with E-state index < -0.39 is 5.91 Å². The van der Waals surface area contributed by atoms with Gasteiger partial charge in [0.2, 0.25) is 5.91 Å². The summed E-state index contributed by atoms with van der Waals surface area (Å²) < 4.78 is 7.00. The first kappa shape index (κ1) is 23.2. The summed E-state index contributed by atoms with van der Waals surface area (Å²) in [7, 11) is 0. The molecule has 0 aliphatic heterocycles. The van der Waals surface area contributed by atoms with Crippen molar-refractivity contribution in [2.45, 2.75) is 13.1 Å². The van der Waals surface area contributed by atoms with Crippen molar-refractivity contribution in [2.24, 2.45) is 0 Å². The molecule has 0 fully saturated rings. The van der Waals surface area contributed by atoms with E-state index in [1.165, 1.54) is 12.1 Å². The second-order valence-corrected chi connectivity index (χ2v) is 8.15. The quantitative estimate of drug-likeness (QED) is 0.266. The smallest absolute Gasteiger partial charge is 0.266 e. The molecule has 2 N–H and O–H groups in total. The molecule has 2 heterocycles. The lowest BCUT2D eigenvalue weighted by atomic mass is 10.1. The third-order valence-corrected chi connectivity index (χ3v) is 5.75. The number of benzene rings is 2. The summed E-state index contributed by atoms with van der Waals surface area (Å²) >= 11 is 11.9. The van der Waals surface area contributed by atoms with E-state index in [4.69, 9.17) is 27.6 Å². The summed E-state index contributed by atoms with van der Waals surface area (Å²) in [5.41, 5.74) is 1.74. The largest absolute Gasteiger partial charge is 0.467 e. The highest BCUT2D eigenvalue weighted by Crippen LogP contribution is 2.26. The van der Waals surface area contributed by atoms with Crippen LogP contribution in [0, 0.1) is 11.3 Å². The second-order valence-electron chi connectivity index (χ2n) is 7.34. The average molecular weight is 493 g/mol. The Morgan fingerprint density at radius 1 is 1.09 bits per heavy atom. The highest BCUT2D eigenvalue weighted by atomic mass is 35.5. The molecular weight excluding hydrogens is 475 g/mol. The summed E-state index contributed by atoms with van der Waals surface area (Å²) in [6.45, 7) is 0.345. The van der Waals surface area contributed by atoms with Gasteiger partial charge in [0.1, 0.15) is 23.9 Å². The maximum Gasteiger partial charge on any atom is 0.266 e. The van der Waals surface area contributed by atoms with Crippen molar-refractivity contribution in [3.63, 3.8) is 0 Å². The van der Waals surface area contributed by atoms with Crippen LogP contribution in [0.15, 0.2) is 77.0 Å². The first-order valence-corrected chi connectivity index (χ1v) is 11.0. The summed E-state index contributed by atoms with van der Waals surface area (Å²) in [5, 5.41) is 16.5. The van der Waals surface area contributed by atoms with E-state index in [2.05, 4.69) is 10.6 Å². The topological polar surface area (TPSA) is 100 Å². The van der Waals surface area contributed by atoms with Crippen LogP contribution in [0.3, 0.4) is 0 Å². The van der Waals surface area contributed by atoms with Crippen molar-refractivity contribution < 1.29 is 14.0 Å². The molecule has 0 radical (unpaired) electrons. The third-order valence-electron chi connectivity index (χ3n) is 5.02. The Kier molecular flexibility index (Phi) is 7.02. The number of para-hydroxylation sites is 1. The molecule has 0 aliphatic rings. The molecular formula is C25H18Cl2N4O3. The highest BCUT2D eigenvalue weighted by Gasteiger charge is 2.14. The van der Waals surface area contributed by atoms with Crippen molar-refractivity contribution >= 4 is 57.7 Å². The maximum absolute atomic E-state index is 12.7. The van der Waals surface area contributed by atoms with Gasteiger partial charge in [-0.15, -0.1) is 0 Å². The molecule has 0 saturated heterocycles. The number of hydrogen-bond acceptors (Lipinski definition) is 4. The first-order valence-electron chi connectivity index (χ1n) is 10.2. The number of aromatic nitrogens is 1. The second kappa shape index (κ2) is 10.3. The van der Waals surface area contributed by atoms with E-state index >= 15 is 0 Å². The normalized spacial score (nSPS) is 11.3. The third kappa shape index (κ3) is 5.31. The van der Waals surface area contributed by atoms with Crippen LogP contribution in [0.2, 0.25) is 10.0 Å². The van der Waals surface area contributed by atoms with Crippen LogP contribution in [0.4, 0.5) is 5.69 Å². The molecule has 2 amide bonds. The van der Waals surface area contributed by atoms with Gasteiger partial charge in [0.15, 0.2) is 0 Å². The maximum atomic E-state index is 12.7. The Morgan fingerprint density at radius 2 is 1.91 bits per heavy atom. The van der Waals surface area contributed by atoms with Gasteiger partial charge in [0.05, 0.1) is 22.9 Å². The fourth-order valence-electron chi connectivity index (χ4n) is 3.41. The molecule has 0 unspecified atom stereocenters. The molecule has 0 bridgehead atoms. The van der Waals surface area contributed by atoms with Crippen LogP contribution < -0.4 is 10.6 Å². The standard InChI is InChI=1S/C25H18Cl2N4O3/c26-21-8-7-18(11-22(21)27)30-25(33)16(12-28)10-17-14-31(23-6-2-1-5-20(17)23)15-24(32)29-13-19-4-3-9-34-19/h1-11,14H,13,15H2,(H,29,32)(H,30,33)/b16-10+. The molecule has 0 atom stereocenters. The van der Waals surface area contributed by atoms with E-state index in [0.717, 1.165) is 10.9 Å². The zero-order valence-electron chi connectivity index (χ0n) is 17.7. The van der Waals surface area contributed by atoms with Crippen LogP contribution in [0.1, 0.15) is 11.3 Å². The SMILES string of the molecule is N#C/C(=C\c1cn(CC(=O)NCc2ccco2)c2ccccc12)C(=O)Nc1ccc(Cl)c(Cl)c1. The van der Waals surface area contributed by atoms with Gasteiger partial charge < -0.3 is 19.6 Å². The van der Waals surface area contributed by atoms with Crippen LogP contribution in [0.5, 0.6) is 0 Å². The van der Waals surface area contributed by atoms with Crippen molar-refractivity contribution in [1.82, 2.24) is 9.88 Å². The summed E-state index contributed by atoms with van der Waals surface area (Å²) in [6.07, 6.45) is 4.78. The fraction of sp³-hybridized carbons (Fsp3) is 0.0800. The highest BCUT2D eigenvalue weighted by molar-refractivity contribution is 6.42. The van der Waals surface area contributed by atoms with E-state index in [9.17, 15) is 14.9 Å². The van der Waals surface area contributed by atoms with Gasteiger partial charge in [-0.05, 0) is 42.5 Å². The van der Waals surface area contributed by atoms with Gasteiger partial charge in [0, 0.05) is 28.4 Å². The van der Waals surface area contributed by atoms with Crippen molar-refractivity contribution in [1.29, 1.82) is 5.26 Å². The number of halogens is 2. The van der Waals surface area contributed by atoms with Crippen molar-refractivity contribution in [3.05, 3.63) is 94.0 Å². The lowest BCUT2D eigenvalue weighted by Crippen LogP contribution is -2.26. The minimum atomic E-state index is -0.589. The average Bonchev–Trinajstić information content (AvgIpc) is 3.47. The number of furan rings is 1. The minimum absolute atomic E-state index is 0.0619. The molecule has 0 saturated carbocycles. The van der Waals surface area contributed by atoms with Crippen molar-refractivity contribution in [3.8, 4) is 6.07 Å². The van der Waals surface area contributed by atoms with E-state index in [-0.39, 0.29) is 29.6 Å². The number of nitrogens with zero attached hydrogens (tertiary/aromatic N) is 2. The van der Waals surface area contributed by atoms with Gasteiger partial charge in [-0.1, -0.05) is 41.4 Å². The van der Waals surface area contributed by atoms with Crippen LogP contribution in [-0.4, -0.2) is 16.4 Å². The van der Waals surface area contributed by atoms with Crippen LogP contribution >= 0.6 is 23.2 Å². The van der Waals surface area contributed by atoms with Gasteiger partial charge in [0.25, 0.3) is 5.91 Å². The summed E-state index contributed by atoms with van der Waals surface area (Å²) in [4.78, 5) is 25.2.